The predicted octanol–water partition coefficient (Wildman–Crippen LogP) is 5.43. The Bertz CT molecular complexity index is 614. The van der Waals surface area contributed by atoms with Gasteiger partial charge in [-0.25, -0.2) is 0 Å². The molecule has 0 aliphatic carbocycles. The number of rotatable bonds is 8. The van der Waals surface area contributed by atoms with E-state index in [1.165, 1.54) is 5.56 Å². The van der Waals surface area contributed by atoms with Crippen molar-refractivity contribution in [2.24, 2.45) is 0 Å². The summed E-state index contributed by atoms with van der Waals surface area (Å²) in [6.45, 7) is 7.06. The van der Waals surface area contributed by atoms with E-state index in [0.29, 0.717) is 5.75 Å². The Hall–Kier alpha value is -0.970. The average molecular weight is 394 g/mol. The Kier molecular flexibility index (Phi) is 7.47. The second-order valence-electron chi connectivity index (χ2n) is 5.51. The van der Waals surface area contributed by atoms with E-state index in [1.54, 1.807) is 0 Å². The fourth-order valence-electron chi connectivity index (χ4n) is 2.49. The lowest BCUT2D eigenvalue weighted by Crippen LogP contribution is -2.22. The van der Waals surface area contributed by atoms with Crippen molar-refractivity contribution in [1.82, 2.24) is 4.90 Å². The molecule has 2 aromatic carbocycles. The van der Waals surface area contributed by atoms with Crippen LogP contribution in [0.4, 0.5) is 0 Å². The highest BCUT2D eigenvalue weighted by molar-refractivity contribution is 9.10. The summed E-state index contributed by atoms with van der Waals surface area (Å²) in [6.07, 6.45) is 0. The lowest BCUT2D eigenvalue weighted by Gasteiger charge is -2.20. The van der Waals surface area contributed by atoms with Gasteiger partial charge in [-0.15, -0.1) is 0 Å². The number of phenols is 1. The van der Waals surface area contributed by atoms with Crippen LogP contribution < -0.4 is 0 Å². The zero-order valence-electron chi connectivity index (χ0n) is 13.8. The molecule has 0 heterocycles. The van der Waals surface area contributed by atoms with Crippen molar-refractivity contribution in [3.8, 4) is 5.75 Å². The first-order valence-corrected chi connectivity index (χ1v) is 9.93. The van der Waals surface area contributed by atoms with Gasteiger partial charge < -0.3 is 5.11 Å². The van der Waals surface area contributed by atoms with E-state index < -0.39 is 0 Å². The summed E-state index contributed by atoms with van der Waals surface area (Å²) in [5, 5.41) is 10.6. The van der Waals surface area contributed by atoms with Gasteiger partial charge in [0.25, 0.3) is 0 Å². The molecule has 0 saturated carbocycles. The summed E-state index contributed by atoms with van der Waals surface area (Å²) >= 11 is 5.41. The molecule has 0 amide bonds. The first-order chi connectivity index (χ1) is 11.1. The van der Waals surface area contributed by atoms with Crippen molar-refractivity contribution >= 4 is 27.7 Å². The smallest absolute Gasteiger partial charge is 0.124 e. The van der Waals surface area contributed by atoms with Gasteiger partial charge in [0.2, 0.25) is 0 Å². The molecule has 0 saturated heterocycles. The third-order valence-electron chi connectivity index (χ3n) is 3.89. The van der Waals surface area contributed by atoms with E-state index in [2.05, 4.69) is 58.9 Å². The van der Waals surface area contributed by atoms with E-state index in [9.17, 15) is 5.11 Å². The largest absolute Gasteiger partial charge is 0.507 e. The molecule has 23 heavy (non-hydrogen) atoms. The van der Waals surface area contributed by atoms with E-state index in [4.69, 9.17) is 0 Å². The number of aromatic hydroxyl groups is 1. The molecule has 0 aliphatic heterocycles. The van der Waals surface area contributed by atoms with Crippen LogP contribution in [0.25, 0.3) is 0 Å². The zero-order valence-corrected chi connectivity index (χ0v) is 16.2. The van der Waals surface area contributed by atoms with E-state index in [1.807, 2.05) is 30.0 Å². The summed E-state index contributed by atoms with van der Waals surface area (Å²) in [4.78, 5) is 2.31. The standard InChI is InChI=1S/C19H24BrNOS/c1-3-21(4-2)12-16-10-18(20)11-17(19(16)22)14-23-13-15-8-6-5-7-9-15/h5-11,22H,3-4,12-14H2,1-2H3. The third-order valence-corrected chi connectivity index (χ3v) is 5.40. The number of hydrogen-bond acceptors (Lipinski definition) is 3. The van der Waals surface area contributed by atoms with Gasteiger partial charge in [0.05, 0.1) is 0 Å². The van der Waals surface area contributed by atoms with E-state index in [0.717, 1.165) is 46.7 Å². The Morgan fingerprint density at radius 2 is 1.65 bits per heavy atom. The van der Waals surface area contributed by atoms with Crippen LogP contribution in [0.2, 0.25) is 0 Å². The van der Waals surface area contributed by atoms with Crippen LogP contribution in [0.15, 0.2) is 46.9 Å². The van der Waals surface area contributed by atoms with Crippen molar-refractivity contribution in [3.63, 3.8) is 0 Å². The minimum atomic E-state index is 0.445. The van der Waals surface area contributed by atoms with Crippen molar-refractivity contribution in [2.45, 2.75) is 31.9 Å². The number of phenolic OH excluding ortho intramolecular Hbond substituents is 1. The van der Waals surface area contributed by atoms with Crippen LogP contribution in [0.5, 0.6) is 5.75 Å². The summed E-state index contributed by atoms with van der Waals surface area (Å²) < 4.78 is 1.03. The zero-order chi connectivity index (χ0) is 16.7. The fourth-order valence-corrected chi connectivity index (χ4v) is 4.01. The summed E-state index contributed by atoms with van der Waals surface area (Å²) in [5.41, 5.74) is 3.32. The van der Waals surface area contributed by atoms with Gasteiger partial charge in [-0.1, -0.05) is 60.1 Å². The highest BCUT2D eigenvalue weighted by Gasteiger charge is 2.12. The van der Waals surface area contributed by atoms with Gasteiger partial charge in [-0.3, -0.25) is 4.90 Å². The normalized spacial score (nSPS) is 11.1. The van der Waals surface area contributed by atoms with Gasteiger partial charge in [-0.2, -0.15) is 11.8 Å². The first kappa shape index (κ1) is 18.4. The average Bonchev–Trinajstić information content (AvgIpc) is 2.57. The Labute approximate surface area is 152 Å². The minimum Gasteiger partial charge on any atom is -0.507 e. The van der Waals surface area contributed by atoms with Crippen LogP contribution in [0.3, 0.4) is 0 Å². The fraction of sp³-hybridized carbons (Fsp3) is 0.368. The maximum atomic E-state index is 10.6. The van der Waals surface area contributed by atoms with Crippen LogP contribution in [-0.4, -0.2) is 23.1 Å². The molecule has 2 aromatic rings. The third kappa shape index (κ3) is 5.55. The van der Waals surface area contributed by atoms with E-state index in [-0.39, 0.29) is 0 Å². The Balaban J connectivity index is 2.05. The molecular weight excluding hydrogens is 370 g/mol. The number of nitrogens with zero attached hydrogens (tertiary/aromatic N) is 1. The molecule has 0 fully saturated rings. The highest BCUT2D eigenvalue weighted by atomic mass is 79.9. The number of halogens is 1. The van der Waals surface area contributed by atoms with Gasteiger partial charge in [0.15, 0.2) is 0 Å². The molecule has 0 radical (unpaired) electrons. The molecule has 0 spiro atoms. The number of thioether (sulfide) groups is 1. The summed E-state index contributed by atoms with van der Waals surface area (Å²) in [7, 11) is 0. The molecule has 2 rings (SSSR count). The topological polar surface area (TPSA) is 23.5 Å². The van der Waals surface area contributed by atoms with E-state index >= 15 is 0 Å². The number of hydrogen-bond donors (Lipinski definition) is 1. The molecule has 124 valence electrons. The molecule has 0 bridgehead atoms. The van der Waals surface area contributed by atoms with Gasteiger partial charge in [0.1, 0.15) is 5.75 Å². The number of benzene rings is 2. The second-order valence-corrected chi connectivity index (χ2v) is 7.41. The van der Waals surface area contributed by atoms with Gasteiger partial charge in [-0.05, 0) is 30.8 Å². The summed E-state index contributed by atoms with van der Waals surface area (Å²) in [6, 6.07) is 14.5. The molecule has 2 nitrogen and oxygen atoms in total. The van der Waals surface area contributed by atoms with Crippen LogP contribution in [0.1, 0.15) is 30.5 Å². The van der Waals surface area contributed by atoms with Crippen molar-refractivity contribution in [1.29, 1.82) is 0 Å². The van der Waals surface area contributed by atoms with Crippen LogP contribution in [0, 0.1) is 0 Å². The second kappa shape index (κ2) is 9.36. The summed E-state index contributed by atoms with van der Waals surface area (Å²) in [5.74, 6) is 2.21. The van der Waals surface area contributed by atoms with Crippen LogP contribution in [-0.2, 0) is 18.1 Å². The quantitative estimate of drug-likeness (QED) is 0.646. The predicted molar refractivity (Wildman–Crippen MR) is 104 cm³/mol. The minimum absolute atomic E-state index is 0.445. The Morgan fingerprint density at radius 3 is 2.30 bits per heavy atom. The monoisotopic (exact) mass is 393 g/mol. The van der Waals surface area contributed by atoms with Crippen LogP contribution >= 0.6 is 27.7 Å². The van der Waals surface area contributed by atoms with Crippen molar-refractivity contribution in [2.75, 3.05) is 13.1 Å². The van der Waals surface area contributed by atoms with Gasteiger partial charge >= 0.3 is 0 Å². The lowest BCUT2D eigenvalue weighted by atomic mass is 10.1. The molecular formula is C19H24BrNOS. The first-order valence-electron chi connectivity index (χ1n) is 7.98. The van der Waals surface area contributed by atoms with Gasteiger partial charge in [0, 0.05) is 33.7 Å². The van der Waals surface area contributed by atoms with Crippen molar-refractivity contribution < 1.29 is 5.11 Å². The molecule has 0 aliphatic rings. The lowest BCUT2D eigenvalue weighted by molar-refractivity contribution is 0.290. The molecule has 0 unspecified atom stereocenters. The molecule has 4 heteroatoms. The SMILES string of the molecule is CCN(CC)Cc1cc(Br)cc(CSCc2ccccc2)c1O. The molecule has 0 atom stereocenters. The maximum absolute atomic E-state index is 10.6. The molecule has 0 aromatic heterocycles. The maximum Gasteiger partial charge on any atom is 0.124 e. The highest BCUT2D eigenvalue weighted by Crippen LogP contribution is 2.32. The molecule has 1 N–H and O–H groups in total. The van der Waals surface area contributed by atoms with Crippen molar-refractivity contribution in [3.05, 3.63) is 63.6 Å². The Morgan fingerprint density at radius 1 is 1.00 bits per heavy atom.